The van der Waals surface area contributed by atoms with Crippen LogP contribution in [0.4, 0.5) is 0 Å². The smallest absolute Gasteiger partial charge is 0.191 e. The number of benzene rings is 1. The van der Waals surface area contributed by atoms with E-state index in [2.05, 4.69) is 65.1 Å². The number of fused-ring (bicyclic) bond motifs is 1. The third kappa shape index (κ3) is 5.50. The molecule has 126 valence electrons. The number of rotatable bonds is 8. The van der Waals surface area contributed by atoms with Crippen LogP contribution in [0.3, 0.4) is 0 Å². The molecule has 1 aromatic heterocycles. The van der Waals surface area contributed by atoms with Crippen molar-refractivity contribution in [1.82, 2.24) is 15.6 Å². The summed E-state index contributed by atoms with van der Waals surface area (Å²) < 4.78 is 0. The van der Waals surface area contributed by atoms with Crippen LogP contribution in [0.5, 0.6) is 0 Å². The normalized spacial score (nSPS) is 11.9. The number of H-pyrrole nitrogens is 1. The van der Waals surface area contributed by atoms with Gasteiger partial charge in [0.25, 0.3) is 0 Å². The number of guanidine groups is 1. The van der Waals surface area contributed by atoms with E-state index < -0.39 is 0 Å². The Kier molecular flexibility index (Phi) is 7.33. The van der Waals surface area contributed by atoms with Gasteiger partial charge in [0, 0.05) is 36.7 Å². The first-order valence-corrected chi connectivity index (χ1v) is 9.71. The Labute approximate surface area is 143 Å². The first-order valence-electron chi connectivity index (χ1n) is 8.32. The molecule has 0 aliphatic carbocycles. The molecule has 2 rings (SSSR count). The summed E-state index contributed by atoms with van der Waals surface area (Å²) >= 11 is 1.87. The van der Waals surface area contributed by atoms with Gasteiger partial charge in [0.15, 0.2) is 5.96 Å². The Morgan fingerprint density at radius 3 is 2.96 bits per heavy atom. The number of aryl methyl sites for hydroxylation is 1. The fourth-order valence-electron chi connectivity index (χ4n) is 2.56. The van der Waals surface area contributed by atoms with Gasteiger partial charge >= 0.3 is 0 Å². The summed E-state index contributed by atoms with van der Waals surface area (Å²) in [4.78, 5) is 7.98. The maximum Gasteiger partial charge on any atom is 0.191 e. The van der Waals surface area contributed by atoms with E-state index in [0.717, 1.165) is 44.2 Å². The molecule has 0 saturated heterocycles. The van der Waals surface area contributed by atoms with Crippen LogP contribution < -0.4 is 10.6 Å². The van der Waals surface area contributed by atoms with E-state index in [9.17, 15) is 0 Å². The van der Waals surface area contributed by atoms with E-state index in [4.69, 9.17) is 0 Å². The Morgan fingerprint density at radius 2 is 2.17 bits per heavy atom. The lowest BCUT2D eigenvalue weighted by molar-refractivity contribution is 0.796. The molecule has 23 heavy (non-hydrogen) atoms. The van der Waals surface area contributed by atoms with E-state index >= 15 is 0 Å². The van der Waals surface area contributed by atoms with Crippen molar-refractivity contribution in [1.29, 1.82) is 0 Å². The maximum atomic E-state index is 4.62. The van der Waals surface area contributed by atoms with Crippen LogP contribution in [0.25, 0.3) is 10.9 Å². The molecule has 0 fully saturated rings. The van der Waals surface area contributed by atoms with Gasteiger partial charge < -0.3 is 15.6 Å². The summed E-state index contributed by atoms with van der Waals surface area (Å²) in [5.74, 6) is 2.08. The number of nitrogens with zero attached hydrogens (tertiary/aromatic N) is 1. The van der Waals surface area contributed by atoms with Crippen LogP contribution in [0.2, 0.25) is 0 Å². The molecule has 0 atom stereocenters. The van der Waals surface area contributed by atoms with E-state index in [1.54, 1.807) is 0 Å². The summed E-state index contributed by atoms with van der Waals surface area (Å²) in [5.41, 5.74) is 3.86. The molecule has 0 aliphatic heterocycles. The highest BCUT2D eigenvalue weighted by molar-refractivity contribution is 7.98. The van der Waals surface area contributed by atoms with Crippen molar-refractivity contribution in [2.45, 2.75) is 26.7 Å². The fraction of sp³-hybridized carbons (Fsp3) is 0.500. The largest absolute Gasteiger partial charge is 0.361 e. The van der Waals surface area contributed by atoms with Gasteiger partial charge in [0.05, 0.1) is 0 Å². The van der Waals surface area contributed by atoms with Gasteiger partial charge in [-0.25, -0.2) is 0 Å². The molecule has 4 nitrogen and oxygen atoms in total. The quantitative estimate of drug-likeness (QED) is 0.395. The minimum Gasteiger partial charge on any atom is -0.361 e. The molecule has 0 spiro atoms. The zero-order valence-electron chi connectivity index (χ0n) is 14.4. The van der Waals surface area contributed by atoms with Crippen molar-refractivity contribution in [3.8, 4) is 0 Å². The molecule has 3 N–H and O–H groups in total. The van der Waals surface area contributed by atoms with Gasteiger partial charge in [-0.3, -0.25) is 4.99 Å². The van der Waals surface area contributed by atoms with Crippen LogP contribution in [-0.2, 0) is 6.42 Å². The standard InChI is InChI=1S/C18H28N4S/c1-4-19-18(20-9-5-11-23-3)21-10-8-15-13-22-17-12-14(2)6-7-16(15)17/h6-7,12-13,22H,4-5,8-11H2,1-3H3,(H2,19,20,21). The number of aromatic nitrogens is 1. The number of hydrogen-bond acceptors (Lipinski definition) is 2. The van der Waals surface area contributed by atoms with Gasteiger partial charge in [0.1, 0.15) is 0 Å². The van der Waals surface area contributed by atoms with E-state index in [1.807, 2.05) is 11.8 Å². The number of nitrogens with one attached hydrogen (secondary N) is 3. The first-order chi connectivity index (χ1) is 11.2. The minimum absolute atomic E-state index is 0.878. The zero-order valence-corrected chi connectivity index (χ0v) is 15.2. The van der Waals surface area contributed by atoms with E-state index in [1.165, 1.54) is 22.0 Å². The molecule has 0 saturated carbocycles. The summed E-state index contributed by atoms with van der Waals surface area (Å²) in [5, 5.41) is 8.06. The van der Waals surface area contributed by atoms with Crippen LogP contribution in [0.15, 0.2) is 29.4 Å². The molecule has 0 unspecified atom stereocenters. The summed E-state index contributed by atoms with van der Waals surface area (Å²) in [6.07, 6.45) is 6.36. The lowest BCUT2D eigenvalue weighted by atomic mass is 10.1. The predicted octanol–water partition coefficient (Wildman–Crippen LogP) is 3.33. The minimum atomic E-state index is 0.878. The van der Waals surface area contributed by atoms with Crippen molar-refractivity contribution < 1.29 is 0 Å². The van der Waals surface area contributed by atoms with Crippen LogP contribution in [0.1, 0.15) is 24.5 Å². The number of thioether (sulfide) groups is 1. The monoisotopic (exact) mass is 332 g/mol. The maximum absolute atomic E-state index is 4.62. The molecule has 1 aromatic carbocycles. The average molecular weight is 333 g/mol. The highest BCUT2D eigenvalue weighted by atomic mass is 32.2. The molecule has 0 aliphatic rings. The second kappa shape index (κ2) is 9.50. The number of hydrogen-bond donors (Lipinski definition) is 3. The van der Waals surface area contributed by atoms with Gasteiger partial charge in [-0.15, -0.1) is 0 Å². The van der Waals surface area contributed by atoms with Crippen molar-refractivity contribution in [2.24, 2.45) is 4.99 Å². The van der Waals surface area contributed by atoms with Crippen LogP contribution in [0, 0.1) is 6.92 Å². The molecule has 0 amide bonds. The van der Waals surface area contributed by atoms with Gasteiger partial charge in [-0.05, 0) is 55.9 Å². The second-order valence-electron chi connectivity index (χ2n) is 5.65. The Morgan fingerprint density at radius 1 is 1.30 bits per heavy atom. The fourth-order valence-corrected chi connectivity index (χ4v) is 2.98. The van der Waals surface area contributed by atoms with Crippen molar-refractivity contribution in [3.05, 3.63) is 35.5 Å². The third-order valence-electron chi connectivity index (χ3n) is 3.73. The zero-order chi connectivity index (χ0) is 16.5. The Hall–Kier alpha value is -1.62. The lowest BCUT2D eigenvalue weighted by Crippen LogP contribution is -2.38. The first kappa shape index (κ1) is 17.7. The van der Waals surface area contributed by atoms with Crippen molar-refractivity contribution in [2.75, 3.05) is 31.6 Å². The summed E-state index contributed by atoms with van der Waals surface area (Å²) in [6.45, 7) is 6.87. The summed E-state index contributed by atoms with van der Waals surface area (Å²) in [6, 6.07) is 6.58. The third-order valence-corrected chi connectivity index (χ3v) is 4.43. The molecular weight excluding hydrogens is 304 g/mol. The molecule has 5 heteroatoms. The average Bonchev–Trinajstić information content (AvgIpc) is 2.93. The topological polar surface area (TPSA) is 52.2 Å². The number of aromatic amines is 1. The van der Waals surface area contributed by atoms with Crippen molar-refractivity contribution >= 4 is 28.6 Å². The van der Waals surface area contributed by atoms with Crippen molar-refractivity contribution in [3.63, 3.8) is 0 Å². The van der Waals surface area contributed by atoms with Gasteiger partial charge in [-0.1, -0.05) is 12.1 Å². The highest BCUT2D eigenvalue weighted by Crippen LogP contribution is 2.19. The predicted molar refractivity (Wildman–Crippen MR) is 104 cm³/mol. The second-order valence-corrected chi connectivity index (χ2v) is 6.63. The van der Waals surface area contributed by atoms with Gasteiger partial charge in [-0.2, -0.15) is 11.8 Å². The molecule has 1 heterocycles. The van der Waals surface area contributed by atoms with E-state index in [-0.39, 0.29) is 0 Å². The molecule has 0 radical (unpaired) electrons. The van der Waals surface area contributed by atoms with Crippen LogP contribution in [-0.4, -0.2) is 42.6 Å². The molecule has 0 bridgehead atoms. The highest BCUT2D eigenvalue weighted by Gasteiger charge is 2.04. The number of aliphatic imine (C=N–C) groups is 1. The molecular formula is C18H28N4S. The van der Waals surface area contributed by atoms with Crippen LogP contribution >= 0.6 is 11.8 Å². The van der Waals surface area contributed by atoms with E-state index in [0.29, 0.717) is 0 Å². The SMILES string of the molecule is CCNC(=NCCCSC)NCCc1c[nH]c2cc(C)ccc12. The lowest BCUT2D eigenvalue weighted by Gasteiger charge is -2.11. The summed E-state index contributed by atoms with van der Waals surface area (Å²) in [7, 11) is 0. The van der Waals surface area contributed by atoms with Gasteiger partial charge in [0.2, 0.25) is 0 Å². The Bertz CT molecular complexity index is 633. The Balaban J connectivity index is 1.87. The molecule has 2 aromatic rings.